The van der Waals surface area contributed by atoms with Crippen LogP contribution in [0.4, 0.5) is 0 Å². The molecule has 5 heteroatoms. The summed E-state index contributed by atoms with van der Waals surface area (Å²) in [5, 5.41) is 3.62. The van der Waals surface area contributed by atoms with Crippen molar-refractivity contribution >= 4 is 22.8 Å². The number of nitrogens with zero attached hydrogens (tertiary/aromatic N) is 1. The van der Waals surface area contributed by atoms with Gasteiger partial charge in [0.05, 0.1) is 6.04 Å². The van der Waals surface area contributed by atoms with Crippen molar-refractivity contribution in [2.24, 2.45) is 4.99 Å². The minimum Gasteiger partial charge on any atom is -0.355 e. The van der Waals surface area contributed by atoms with Gasteiger partial charge in [0.2, 0.25) is 0 Å². The molecule has 0 aromatic carbocycles. The molecule has 1 heterocycles. The third-order valence-corrected chi connectivity index (χ3v) is 4.72. The standard InChI is InChI=1S/C14H24N2O2S/c1-3-10-18-14(2)12(17)16-13(19-14)15-11-8-6-4-5-7-9-11/h11H,3-10H2,1-2H3,(H,15,16,17). The zero-order valence-corrected chi connectivity index (χ0v) is 12.7. The van der Waals surface area contributed by atoms with E-state index >= 15 is 0 Å². The molecule has 2 fully saturated rings. The molecule has 0 aromatic rings. The highest BCUT2D eigenvalue weighted by atomic mass is 32.2. The SMILES string of the molecule is CCCOC1(C)SC(=NC2CCCCCC2)NC1=O. The van der Waals surface area contributed by atoms with Crippen molar-refractivity contribution in [1.29, 1.82) is 0 Å². The summed E-state index contributed by atoms with van der Waals surface area (Å²) in [6.07, 6.45) is 8.35. The Morgan fingerprint density at radius 1 is 1.37 bits per heavy atom. The average molecular weight is 284 g/mol. The second-order valence-corrected chi connectivity index (χ2v) is 6.80. The van der Waals surface area contributed by atoms with Gasteiger partial charge in [0.15, 0.2) is 10.1 Å². The zero-order chi connectivity index (χ0) is 13.7. The Labute approximate surface area is 119 Å². The van der Waals surface area contributed by atoms with Gasteiger partial charge in [-0.15, -0.1) is 0 Å². The van der Waals surface area contributed by atoms with Gasteiger partial charge in [-0.2, -0.15) is 0 Å². The number of hydrogen-bond acceptors (Lipinski definition) is 4. The lowest BCUT2D eigenvalue weighted by Crippen LogP contribution is -2.36. The van der Waals surface area contributed by atoms with Gasteiger partial charge in [0, 0.05) is 6.61 Å². The van der Waals surface area contributed by atoms with E-state index in [1.165, 1.54) is 37.4 Å². The quantitative estimate of drug-likeness (QED) is 0.807. The lowest BCUT2D eigenvalue weighted by atomic mass is 10.1. The molecule has 1 atom stereocenters. The first-order chi connectivity index (χ1) is 9.14. The van der Waals surface area contributed by atoms with E-state index in [4.69, 9.17) is 9.73 Å². The molecule has 0 spiro atoms. The molecule has 2 aliphatic rings. The van der Waals surface area contributed by atoms with Gasteiger partial charge in [-0.05, 0) is 37.9 Å². The fourth-order valence-corrected chi connectivity index (χ4v) is 3.47. The highest BCUT2D eigenvalue weighted by Crippen LogP contribution is 2.34. The fraction of sp³-hybridized carbons (Fsp3) is 0.857. The van der Waals surface area contributed by atoms with Gasteiger partial charge in [-0.1, -0.05) is 32.6 Å². The zero-order valence-electron chi connectivity index (χ0n) is 11.9. The lowest BCUT2D eigenvalue weighted by Gasteiger charge is -2.18. The number of thioether (sulfide) groups is 1. The summed E-state index contributed by atoms with van der Waals surface area (Å²) in [6, 6.07) is 0.374. The van der Waals surface area contributed by atoms with Gasteiger partial charge in [0.1, 0.15) is 0 Å². The van der Waals surface area contributed by atoms with Crippen LogP contribution in [0.5, 0.6) is 0 Å². The Balaban J connectivity index is 1.96. The number of carbonyl (C=O) groups excluding carboxylic acids is 1. The Morgan fingerprint density at radius 3 is 2.68 bits per heavy atom. The third kappa shape index (κ3) is 3.96. The maximum atomic E-state index is 12.0. The van der Waals surface area contributed by atoms with Gasteiger partial charge in [-0.25, -0.2) is 0 Å². The van der Waals surface area contributed by atoms with Crippen molar-refractivity contribution in [3.05, 3.63) is 0 Å². The number of nitrogens with one attached hydrogen (secondary N) is 1. The average Bonchev–Trinajstić information content (AvgIpc) is 2.59. The molecule has 19 heavy (non-hydrogen) atoms. The summed E-state index contributed by atoms with van der Waals surface area (Å²) in [4.78, 5) is 15.9. The summed E-state index contributed by atoms with van der Waals surface area (Å²) in [7, 11) is 0. The molecule has 1 unspecified atom stereocenters. The summed E-state index contributed by atoms with van der Waals surface area (Å²) in [5.74, 6) is -0.0710. The monoisotopic (exact) mass is 284 g/mol. The number of rotatable bonds is 4. The maximum Gasteiger partial charge on any atom is 0.268 e. The van der Waals surface area contributed by atoms with Gasteiger partial charge in [0.25, 0.3) is 5.91 Å². The van der Waals surface area contributed by atoms with E-state index in [1.807, 2.05) is 13.8 Å². The van der Waals surface area contributed by atoms with Crippen molar-refractivity contribution < 1.29 is 9.53 Å². The second kappa shape index (κ2) is 6.75. The molecular weight excluding hydrogens is 260 g/mol. The van der Waals surface area contributed by atoms with Crippen LogP contribution in [0.1, 0.15) is 58.8 Å². The number of carbonyl (C=O) groups is 1. The van der Waals surface area contributed by atoms with Crippen LogP contribution >= 0.6 is 11.8 Å². The molecule has 2 rings (SSSR count). The Hall–Kier alpha value is -0.550. The summed E-state index contributed by atoms with van der Waals surface area (Å²) in [6.45, 7) is 4.48. The molecule has 1 saturated heterocycles. The van der Waals surface area contributed by atoms with E-state index in [9.17, 15) is 4.79 Å². The second-order valence-electron chi connectivity index (χ2n) is 5.43. The largest absolute Gasteiger partial charge is 0.355 e. The molecule has 0 radical (unpaired) electrons. The van der Waals surface area contributed by atoms with Crippen LogP contribution in [-0.4, -0.2) is 28.7 Å². The van der Waals surface area contributed by atoms with E-state index in [2.05, 4.69) is 5.32 Å². The molecule has 1 aliphatic heterocycles. The number of hydrogen-bond donors (Lipinski definition) is 1. The van der Waals surface area contributed by atoms with Crippen LogP contribution in [0.25, 0.3) is 0 Å². The first-order valence-electron chi connectivity index (χ1n) is 7.36. The highest BCUT2D eigenvalue weighted by molar-refractivity contribution is 8.16. The fourth-order valence-electron chi connectivity index (χ4n) is 2.47. The minimum atomic E-state index is -0.792. The topological polar surface area (TPSA) is 50.7 Å². The van der Waals surface area contributed by atoms with Crippen LogP contribution < -0.4 is 5.32 Å². The van der Waals surface area contributed by atoms with Crippen molar-refractivity contribution in [1.82, 2.24) is 5.32 Å². The Bertz CT molecular complexity index is 351. The molecular formula is C14H24N2O2S. The van der Waals surface area contributed by atoms with Gasteiger partial charge >= 0.3 is 0 Å². The Morgan fingerprint density at radius 2 is 2.05 bits per heavy atom. The van der Waals surface area contributed by atoms with E-state index in [1.54, 1.807) is 0 Å². The molecule has 1 amide bonds. The molecule has 4 nitrogen and oxygen atoms in total. The summed E-state index contributed by atoms with van der Waals surface area (Å²) in [5.41, 5.74) is 0. The van der Waals surface area contributed by atoms with Crippen LogP contribution in [-0.2, 0) is 9.53 Å². The predicted molar refractivity (Wildman–Crippen MR) is 79.3 cm³/mol. The predicted octanol–water partition coefficient (Wildman–Crippen LogP) is 3.07. The number of ether oxygens (including phenoxy) is 1. The molecule has 1 saturated carbocycles. The normalized spacial score (nSPS) is 31.5. The van der Waals surface area contributed by atoms with Gasteiger partial charge in [-0.3, -0.25) is 9.79 Å². The third-order valence-electron chi connectivity index (χ3n) is 3.63. The first kappa shape index (κ1) is 14.9. The number of amides is 1. The van der Waals surface area contributed by atoms with E-state index in [0.717, 1.165) is 24.4 Å². The molecule has 1 N–H and O–H groups in total. The maximum absolute atomic E-state index is 12.0. The smallest absolute Gasteiger partial charge is 0.268 e. The first-order valence-corrected chi connectivity index (χ1v) is 8.18. The van der Waals surface area contributed by atoms with Crippen molar-refractivity contribution in [2.75, 3.05) is 6.61 Å². The Kier molecular flexibility index (Phi) is 5.28. The van der Waals surface area contributed by atoms with E-state index in [-0.39, 0.29) is 5.91 Å². The number of amidine groups is 1. The van der Waals surface area contributed by atoms with E-state index < -0.39 is 4.93 Å². The van der Waals surface area contributed by atoms with Crippen LogP contribution in [0.3, 0.4) is 0 Å². The van der Waals surface area contributed by atoms with Crippen LogP contribution in [0.15, 0.2) is 4.99 Å². The highest BCUT2D eigenvalue weighted by Gasteiger charge is 2.43. The van der Waals surface area contributed by atoms with Crippen LogP contribution in [0, 0.1) is 0 Å². The van der Waals surface area contributed by atoms with Crippen LogP contribution in [0.2, 0.25) is 0 Å². The molecule has 108 valence electrons. The van der Waals surface area contributed by atoms with Crippen molar-refractivity contribution in [2.45, 2.75) is 69.8 Å². The summed E-state index contributed by atoms with van der Waals surface area (Å²) < 4.78 is 5.67. The minimum absolute atomic E-state index is 0.0710. The molecule has 1 aliphatic carbocycles. The summed E-state index contributed by atoms with van der Waals surface area (Å²) >= 11 is 1.43. The lowest BCUT2D eigenvalue weighted by molar-refractivity contribution is -0.132. The van der Waals surface area contributed by atoms with Gasteiger partial charge < -0.3 is 10.1 Å². The molecule has 0 aromatic heterocycles. The van der Waals surface area contributed by atoms with E-state index in [0.29, 0.717) is 12.6 Å². The van der Waals surface area contributed by atoms with Crippen molar-refractivity contribution in [3.63, 3.8) is 0 Å². The molecule has 0 bridgehead atoms. The number of aliphatic imine (C=N–C) groups is 1. The van der Waals surface area contributed by atoms with Crippen molar-refractivity contribution in [3.8, 4) is 0 Å².